The summed E-state index contributed by atoms with van der Waals surface area (Å²) in [6.07, 6.45) is -0.595. The highest BCUT2D eigenvalue weighted by molar-refractivity contribution is 7.98. The van der Waals surface area contributed by atoms with Crippen molar-refractivity contribution in [1.82, 2.24) is 9.97 Å². The third kappa shape index (κ3) is 4.51. The summed E-state index contributed by atoms with van der Waals surface area (Å²) in [5.74, 6) is 0.582. The van der Waals surface area contributed by atoms with E-state index in [0.717, 1.165) is 10.7 Å². The SMILES string of the molecule is COC(=O)Nc1ccc(-c2c(C#N)c(N)nc(SCc3csc(C)n3)c2C#N)cc1. The van der Waals surface area contributed by atoms with Gasteiger partial charge in [-0.1, -0.05) is 23.9 Å². The van der Waals surface area contributed by atoms with Gasteiger partial charge >= 0.3 is 6.09 Å². The third-order valence-electron chi connectivity index (χ3n) is 4.04. The normalized spacial score (nSPS) is 10.1. The zero-order chi connectivity index (χ0) is 21.7. The summed E-state index contributed by atoms with van der Waals surface area (Å²) in [4.78, 5) is 20.1. The number of aryl methyl sites for hydroxylation is 1. The minimum atomic E-state index is -0.595. The van der Waals surface area contributed by atoms with E-state index < -0.39 is 6.09 Å². The molecule has 3 rings (SSSR count). The van der Waals surface area contributed by atoms with E-state index in [1.807, 2.05) is 18.4 Å². The maximum Gasteiger partial charge on any atom is 0.411 e. The minimum Gasteiger partial charge on any atom is -0.453 e. The fraction of sp³-hybridized carbons (Fsp3) is 0.150. The third-order valence-corrected chi connectivity index (χ3v) is 5.88. The molecule has 0 aliphatic heterocycles. The van der Waals surface area contributed by atoms with Crippen LogP contribution in [0, 0.1) is 29.6 Å². The van der Waals surface area contributed by atoms with Gasteiger partial charge < -0.3 is 10.5 Å². The average Bonchev–Trinajstić information content (AvgIpc) is 3.17. The summed E-state index contributed by atoms with van der Waals surface area (Å²) < 4.78 is 4.57. The number of nitrogens with two attached hydrogens (primary N) is 1. The molecule has 30 heavy (non-hydrogen) atoms. The van der Waals surface area contributed by atoms with Gasteiger partial charge in [0.1, 0.15) is 28.5 Å². The fourth-order valence-corrected chi connectivity index (χ4v) is 4.30. The van der Waals surface area contributed by atoms with Crippen molar-refractivity contribution in [3.8, 4) is 23.3 Å². The fourth-order valence-electron chi connectivity index (χ4n) is 2.70. The first kappa shape index (κ1) is 21.1. The van der Waals surface area contributed by atoms with E-state index in [1.54, 1.807) is 35.6 Å². The molecule has 10 heteroatoms. The summed E-state index contributed by atoms with van der Waals surface area (Å²) in [5.41, 5.74) is 8.86. The number of nitriles is 2. The van der Waals surface area contributed by atoms with Crippen LogP contribution < -0.4 is 11.1 Å². The Bertz CT molecular complexity index is 1180. The van der Waals surface area contributed by atoms with Crippen LogP contribution in [0.2, 0.25) is 0 Å². The van der Waals surface area contributed by atoms with Crippen LogP contribution in [-0.4, -0.2) is 23.2 Å². The molecule has 0 atom stereocenters. The average molecular weight is 437 g/mol. The van der Waals surface area contributed by atoms with E-state index in [1.165, 1.54) is 18.9 Å². The molecule has 0 bridgehead atoms. The number of nitrogens with one attached hydrogen (secondary N) is 1. The van der Waals surface area contributed by atoms with Gasteiger partial charge in [-0.3, -0.25) is 5.32 Å². The lowest BCUT2D eigenvalue weighted by Crippen LogP contribution is -2.10. The Balaban J connectivity index is 2.02. The number of carbonyl (C=O) groups excluding carboxylic acids is 1. The summed E-state index contributed by atoms with van der Waals surface area (Å²) >= 11 is 2.89. The van der Waals surface area contributed by atoms with Crippen LogP contribution in [0.1, 0.15) is 21.8 Å². The molecule has 3 N–H and O–H groups in total. The number of aromatic nitrogens is 2. The summed E-state index contributed by atoms with van der Waals surface area (Å²) in [5, 5.41) is 25.4. The van der Waals surface area contributed by atoms with Crippen LogP contribution in [0.3, 0.4) is 0 Å². The number of ether oxygens (including phenoxy) is 1. The van der Waals surface area contributed by atoms with Crippen molar-refractivity contribution in [3.63, 3.8) is 0 Å². The number of methoxy groups -OCH3 is 1. The number of thioether (sulfide) groups is 1. The first-order valence-electron chi connectivity index (χ1n) is 8.59. The summed E-state index contributed by atoms with van der Waals surface area (Å²) in [6.45, 7) is 1.92. The zero-order valence-corrected chi connectivity index (χ0v) is 17.7. The standard InChI is InChI=1S/C20H16N6O2S2/c1-11-24-14(9-29-11)10-30-19-16(8-22)17(15(7-21)18(23)26-19)12-3-5-13(6-4-12)25-20(27)28-2/h3-6,9H,10H2,1-2H3,(H2,23,26)(H,25,27). The number of thiazole rings is 1. The molecule has 1 amide bonds. The molecule has 0 unspecified atom stereocenters. The topological polar surface area (TPSA) is 138 Å². The van der Waals surface area contributed by atoms with Crippen molar-refractivity contribution in [2.24, 2.45) is 0 Å². The van der Waals surface area contributed by atoms with E-state index in [0.29, 0.717) is 27.6 Å². The van der Waals surface area contributed by atoms with E-state index in [-0.39, 0.29) is 16.9 Å². The zero-order valence-electron chi connectivity index (χ0n) is 16.1. The van der Waals surface area contributed by atoms with Gasteiger partial charge in [-0.25, -0.2) is 14.8 Å². The van der Waals surface area contributed by atoms with Gasteiger partial charge in [-0.2, -0.15) is 10.5 Å². The lowest BCUT2D eigenvalue weighted by molar-refractivity contribution is 0.187. The van der Waals surface area contributed by atoms with Crippen molar-refractivity contribution in [3.05, 3.63) is 51.5 Å². The number of nitrogen functional groups attached to an aromatic ring is 1. The highest BCUT2D eigenvalue weighted by atomic mass is 32.2. The largest absolute Gasteiger partial charge is 0.453 e. The lowest BCUT2D eigenvalue weighted by atomic mass is 9.96. The number of benzene rings is 1. The molecule has 0 radical (unpaired) electrons. The van der Waals surface area contributed by atoms with Crippen LogP contribution in [0.25, 0.3) is 11.1 Å². The second kappa shape index (κ2) is 9.27. The molecule has 2 aromatic heterocycles. The van der Waals surface area contributed by atoms with Crippen molar-refractivity contribution in [2.75, 3.05) is 18.2 Å². The Kier molecular flexibility index (Phi) is 6.52. The predicted molar refractivity (Wildman–Crippen MR) is 116 cm³/mol. The molecule has 0 aliphatic rings. The predicted octanol–water partition coefficient (Wildman–Crippen LogP) is 4.31. The van der Waals surface area contributed by atoms with Crippen molar-refractivity contribution in [1.29, 1.82) is 10.5 Å². The van der Waals surface area contributed by atoms with Gasteiger partial charge in [-0.05, 0) is 24.6 Å². The number of amides is 1. The van der Waals surface area contributed by atoms with Gasteiger partial charge in [0.05, 0.1) is 23.4 Å². The van der Waals surface area contributed by atoms with Crippen LogP contribution in [-0.2, 0) is 10.5 Å². The van der Waals surface area contributed by atoms with Crippen LogP contribution in [0.15, 0.2) is 34.7 Å². The van der Waals surface area contributed by atoms with Crippen LogP contribution in [0.4, 0.5) is 16.3 Å². The molecular weight excluding hydrogens is 420 g/mol. The maximum absolute atomic E-state index is 11.4. The van der Waals surface area contributed by atoms with E-state index in [2.05, 4.69) is 26.1 Å². The smallest absolute Gasteiger partial charge is 0.411 e. The number of rotatable bonds is 5. The van der Waals surface area contributed by atoms with E-state index >= 15 is 0 Å². The van der Waals surface area contributed by atoms with Gasteiger partial charge in [0.15, 0.2) is 0 Å². The molecule has 150 valence electrons. The number of hydrogen-bond acceptors (Lipinski definition) is 9. The number of hydrogen-bond donors (Lipinski definition) is 2. The highest BCUT2D eigenvalue weighted by Crippen LogP contribution is 2.37. The quantitative estimate of drug-likeness (QED) is 0.564. The molecule has 1 aromatic carbocycles. The Labute approximate surface area is 181 Å². The van der Waals surface area contributed by atoms with Gasteiger partial charge in [0, 0.05) is 22.4 Å². The van der Waals surface area contributed by atoms with Gasteiger partial charge in [0.2, 0.25) is 0 Å². The van der Waals surface area contributed by atoms with Crippen LogP contribution >= 0.6 is 23.1 Å². The highest BCUT2D eigenvalue weighted by Gasteiger charge is 2.21. The maximum atomic E-state index is 11.4. The second-order valence-corrected chi connectivity index (χ2v) is 8.02. The Morgan fingerprint density at radius 2 is 1.93 bits per heavy atom. The molecule has 8 nitrogen and oxygen atoms in total. The number of carbonyl (C=O) groups is 1. The van der Waals surface area contributed by atoms with Crippen molar-refractivity contribution >= 4 is 40.7 Å². The molecule has 0 saturated heterocycles. The molecule has 0 fully saturated rings. The monoisotopic (exact) mass is 436 g/mol. The van der Waals surface area contributed by atoms with Gasteiger partial charge in [0.25, 0.3) is 0 Å². The Morgan fingerprint density at radius 3 is 2.50 bits per heavy atom. The Hall–Kier alpha value is -3.60. The minimum absolute atomic E-state index is 0.0558. The lowest BCUT2D eigenvalue weighted by Gasteiger charge is -2.13. The van der Waals surface area contributed by atoms with Crippen LogP contribution in [0.5, 0.6) is 0 Å². The number of anilines is 2. The van der Waals surface area contributed by atoms with Crippen molar-refractivity contribution < 1.29 is 9.53 Å². The number of nitrogens with zero attached hydrogens (tertiary/aromatic N) is 4. The second-order valence-electron chi connectivity index (χ2n) is 5.99. The molecule has 0 saturated carbocycles. The molecule has 3 aromatic rings. The molecule has 0 aliphatic carbocycles. The van der Waals surface area contributed by atoms with E-state index in [9.17, 15) is 15.3 Å². The Morgan fingerprint density at radius 1 is 1.23 bits per heavy atom. The van der Waals surface area contributed by atoms with Crippen molar-refractivity contribution in [2.45, 2.75) is 17.7 Å². The first-order valence-corrected chi connectivity index (χ1v) is 10.5. The molecule has 0 spiro atoms. The molecular formula is C20H16N6O2S2. The summed E-state index contributed by atoms with van der Waals surface area (Å²) in [6, 6.07) is 10.9. The first-order chi connectivity index (χ1) is 14.5. The molecule has 2 heterocycles. The van der Waals surface area contributed by atoms with E-state index in [4.69, 9.17) is 5.73 Å². The number of pyridine rings is 1. The van der Waals surface area contributed by atoms with Gasteiger partial charge in [-0.15, -0.1) is 11.3 Å². The summed E-state index contributed by atoms with van der Waals surface area (Å²) in [7, 11) is 1.27.